The quantitative estimate of drug-likeness (QED) is 0.102. The number of hydrogen-bond acceptors (Lipinski definition) is 0. The van der Waals surface area contributed by atoms with E-state index in [0.717, 1.165) is 5.92 Å². The molecule has 0 radical (unpaired) electrons. The molecule has 0 aliphatic rings. The molecular weight excluding hydrogens is 360 g/mol. The van der Waals surface area contributed by atoms with Crippen molar-refractivity contribution >= 4 is 0 Å². The molecule has 180 valence electrons. The number of unbranched alkanes of at least 4 members (excludes halogenated alkanes) is 19. The van der Waals surface area contributed by atoms with E-state index >= 15 is 0 Å². The van der Waals surface area contributed by atoms with Crippen LogP contribution >= 0.6 is 0 Å². The first-order valence-electron chi connectivity index (χ1n) is 14.5. The molecular formula is C30H60. The zero-order valence-corrected chi connectivity index (χ0v) is 21.7. The van der Waals surface area contributed by atoms with Crippen LogP contribution < -0.4 is 0 Å². The Morgan fingerprint density at radius 3 is 1.07 bits per heavy atom. The maximum Gasteiger partial charge on any atom is -0.0351 e. The van der Waals surface area contributed by atoms with Crippen molar-refractivity contribution in [1.82, 2.24) is 0 Å². The molecule has 0 aromatic heterocycles. The molecule has 0 spiro atoms. The van der Waals surface area contributed by atoms with Crippen LogP contribution in [0, 0.1) is 5.92 Å². The van der Waals surface area contributed by atoms with Gasteiger partial charge in [0, 0.05) is 0 Å². The zero-order valence-electron chi connectivity index (χ0n) is 21.7. The van der Waals surface area contributed by atoms with E-state index in [0.29, 0.717) is 0 Å². The molecule has 0 amide bonds. The Morgan fingerprint density at radius 2 is 0.700 bits per heavy atom. The Bertz CT molecular complexity index is 316. The van der Waals surface area contributed by atoms with Crippen LogP contribution in [0.4, 0.5) is 0 Å². The smallest absolute Gasteiger partial charge is 0.0351 e. The largest absolute Gasteiger partial charge is 0.0885 e. The molecule has 0 aromatic carbocycles. The Labute approximate surface area is 193 Å². The van der Waals surface area contributed by atoms with Gasteiger partial charge in [0.25, 0.3) is 0 Å². The lowest BCUT2D eigenvalue weighted by molar-refractivity contribution is 0.430. The highest BCUT2D eigenvalue weighted by Crippen LogP contribution is 2.19. The highest BCUT2D eigenvalue weighted by atomic mass is 14.1. The van der Waals surface area contributed by atoms with E-state index in [1.54, 1.807) is 0 Å². The average molecular weight is 421 g/mol. The van der Waals surface area contributed by atoms with Gasteiger partial charge in [-0.15, -0.1) is 0 Å². The molecule has 0 aliphatic heterocycles. The Balaban J connectivity index is 3.18. The van der Waals surface area contributed by atoms with E-state index in [4.69, 9.17) is 0 Å². The van der Waals surface area contributed by atoms with Gasteiger partial charge < -0.3 is 0 Å². The van der Waals surface area contributed by atoms with Crippen molar-refractivity contribution < 1.29 is 0 Å². The molecule has 0 aliphatic carbocycles. The number of allylic oxidation sites excluding steroid dienone is 2. The SMILES string of the molecule is CCCCCCCCC=CCCCCCCCCC(C)CCCCCCCCCC. The minimum atomic E-state index is 0.960. The molecule has 0 saturated heterocycles. The molecule has 0 heterocycles. The standard InChI is InChI=1S/C30H60/c1-4-6-8-10-12-14-15-16-17-18-19-20-21-23-25-27-29-30(3)28-26-24-22-13-11-9-7-5-2/h16-17,30H,4-15,18-29H2,1-3H3. The van der Waals surface area contributed by atoms with E-state index in [1.807, 2.05) is 0 Å². The molecule has 0 fully saturated rings. The molecule has 1 unspecified atom stereocenters. The highest BCUT2D eigenvalue weighted by Gasteiger charge is 2.02. The molecule has 0 heteroatoms. The van der Waals surface area contributed by atoms with Gasteiger partial charge in [-0.3, -0.25) is 0 Å². The van der Waals surface area contributed by atoms with Gasteiger partial charge in [-0.1, -0.05) is 161 Å². The van der Waals surface area contributed by atoms with Crippen LogP contribution in [0.1, 0.15) is 175 Å². The van der Waals surface area contributed by atoms with Crippen LogP contribution in [-0.2, 0) is 0 Å². The summed E-state index contributed by atoms with van der Waals surface area (Å²) in [6.45, 7) is 7.08. The second-order valence-electron chi connectivity index (χ2n) is 10.1. The second-order valence-corrected chi connectivity index (χ2v) is 10.1. The fourth-order valence-corrected chi connectivity index (χ4v) is 4.51. The minimum absolute atomic E-state index is 0.960. The van der Waals surface area contributed by atoms with Crippen molar-refractivity contribution in [2.24, 2.45) is 5.92 Å². The van der Waals surface area contributed by atoms with Crippen molar-refractivity contribution in [2.45, 2.75) is 175 Å². The summed E-state index contributed by atoms with van der Waals surface area (Å²) in [5.41, 5.74) is 0. The van der Waals surface area contributed by atoms with Crippen LogP contribution in [-0.4, -0.2) is 0 Å². The molecule has 0 aromatic rings. The summed E-state index contributed by atoms with van der Waals surface area (Å²) in [5, 5.41) is 0. The third-order valence-electron chi connectivity index (χ3n) is 6.76. The number of rotatable bonds is 25. The van der Waals surface area contributed by atoms with Crippen LogP contribution in [0.3, 0.4) is 0 Å². The fraction of sp³-hybridized carbons (Fsp3) is 0.933. The predicted molar refractivity (Wildman–Crippen MR) is 140 cm³/mol. The minimum Gasteiger partial charge on any atom is -0.0885 e. The van der Waals surface area contributed by atoms with Gasteiger partial charge in [-0.05, 0) is 31.6 Å². The van der Waals surface area contributed by atoms with Crippen LogP contribution in [0.2, 0.25) is 0 Å². The summed E-state index contributed by atoms with van der Waals surface area (Å²) in [7, 11) is 0. The van der Waals surface area contributed by atoms with Crippen molar-refractivity contribution in [2.75, 3.05) is 0 Å². The molecule has 0 saturated carbocycles. The second kappa shape index (κ2) is 26.8. The average Bonchev–Trinajstić information content (AvgIpc) is 2.75. The topological polar surface area (TPSA) is 0 Å². The summed E-state index contributed by atoms with van der Waals surface area (Å²) in [5.74, 6) is 0.960. The summed E-state index contributed by atoms with van der Waals surface area (Å²) in [4.78, 5) is 0. The Morgan fingerprint density at radius 1 is 0.400 bits per heavy atom. The predicted octanol–water partition coefficient (Wildman–Crippen LogP) is 11.6. The first kappa shape index (κ1) is 29.7. The molecule has 30 heavy (non-hydrogen) atoms. The lowest BCUT2D eigenvalue weighted by atomic mass is 9.96. The fourth-order valence-electron chi connectivity index (χ4n) is 4.51. The van der Waals surface area contributed by atoms with E-state index < -0.39 is 0 Å². The highest BCUT2D eigenvalue weighted by molar-refractivity contribution is 4.81. The normalized spacial score (nSPS) is 12.8. The summed E-state index contributed by atoms with van der Waals surface area (Å²) >= 11 is 0. The molecule has 1 atom stereocenters. The molecule has 0 rings (SSSR count). The van der Waals surface area contributed by atoms with Gasteiger partial charge in [0.15, 0.2) is 0 Å². The maximum absolute atomic E-state index is 2.48. The summed E-state index contributed by atoms with van der Waals surface area (Å²) < 4.78 is 0. The summed E-state index contributed by atoms with van der Waals surface area (Å²) in [6, 6.07) is 0. The van der Waals surface area contributed by atoms with Gasteiger partial charge in [-0.2, -0.15) is 0 Å². The van der Waals surface area contributed by atoms with Gasteiger partial charge in [0.05, 0.1) is 0 Å². The van der Waals surface area contributed by atoms with E-state index in [9.17, 15) is 0 Å². The first-order chi connectivity index (χ1) is 14.8. The Kier molecular flexibility index (Phi) is 26.5. The van der Waals surface area contributed by atoms with Crippen molar-refractivity contribution in [3.63, 3.8) is 0 Å². The van der Waals surface area contributed by atoms with Crippen molar-refractivity contribution in [3.8, 4) is 0 Å². The lowest BCUT2D eigenvalue weighted by Crippen LogP contribution is -1.95. The van der Waals surface area contributed by atoms with Crippen molar-refractivity contribution in [1.29, 1.82) is 0 Å². The Hall–Kier alpha value is -0.260. The summed E-state index contributed by atoms with van der Waals surface area (Å²) in [6.07, 6.45) is 39.3. The maximum atomic E-state index is 2.48. The monoisotopic (exact) mass is 420 g/mol. The van der Waals surface area contributed by atoms with Gasteiger partial charge in [-0.25, -0.2) is 0 Å². The number of hydrogen-bond donors (Lipinski definition) is 0. The van der Waals surface area contributed by atoms with Gasteiger partial charge in [0.2, 0.25) is 0 Å². The van der Waals surface area contributed by atoms with Gasteiger partial charge in [0.1, 0.15) is 0 Å². The molecule has 0 N–H and O–H groups in total. The van der Waals surface area contributed by atoms with E-state index in [-0.39, 0.29) is 0 Å². The van der Waals surface area contributed by atoms with Crippen LogP contribution in [0.25, 0.3) is 0 Å². The lowest BCUT2D eigenvalue weighted by Gasteiger charge is -2.11. The first-order valence-corrected chi connectivity index (χ1v) is 14.5. The molecule has 0 bridgehead atoms. The van der Waals surface area contributed by atoms with E-state index in [2.05, 4.69) is 32.9 Å². The van der Waals surface area contributed by atoms with Crippen molar-refractivity contribution in [3.05, 3.63) is 12.2 Å². The van der Waals surface area contributed by atoms with Crippen LogP contribution in [0.5, 0.6) is 0 Å². The van der Waals surface area contributed by atoms with Gasteiger partial charge >= 0.3 is 0 Å². The third kappa shape index (κ3) is 25.8. The van der Waals surface area contributed by atoms with Crippen LogP contribution in [0.15, 0.2) is 12.2 Å². The van der Waals surface area contributed by atoms with E-state index in [1.165, 1.54) is 154 Å². The molecule has 0 nitrogen and oxygen atoms in total. The third-order valence-corrected chi connectivity index (χ3v) is 6.76. The zero-order chi connectivity index (χ0) is 22.0.